The summed E-state index contributed by atoms with van der Waals surface area (Å²) in [5.41, 5.74) is 0. The van der Waals surface area contributed by atoms with Gasteiger partial charge in [0.1, 0.15) is 0 Å². The fraction of sp³-hybridized carbons (Fsp3) is 1.00. The Hall–Kier alpha value is -1.70. The Morgan fingerprint density at radius 3 is 0.310 bits per heavy atom. The van der Waals surface area contributed by atoms with Crippen molar-refractivity contribution < 1.29 is 167 Å². The predicted molar refractivity (Wildman–Crippen MR) is 109 cm³/mol. The lowest BCUT2D eigenvalue weighted by Crippen LogP contribution is -2.76. The summed E-state index contributed by atoms with van der Waals surface area (Å²) in [6.45, 7) is 0. The van der Waals surface area contributed by atoms with Crippen LogP contribution >= 0.6 is 31.9 Å². The lowest BCUT2D eigenvalue weighted by Gasteiger charge is -2.44. The third kappa shape index (κ3) is 7.62. The largest absolute Gasteiger partial charge is 0.460 e. The maximum atomic E-state index is 13.2. The molecular weight excluding hydrogens is 1100 g/mol. The van der Waals surface area contributed by atoms with Crippen molar-refractivity contribution in [2.24, 2.45) is 0 Å². The number of alkyl halides is 40. The molecule has 0 aliphatic rings. The van der Waals surface area contributed by atoms with Crippen LogP contribution in [0.15, 0.2) is 0 Å². The van der Waals surface area contributed by atoms with E-state index in [4.69, 9.17) is 0 Å². The van der Waals surface area contributed by atoms with E-state index in [1.807, 2.05) is 0 Å². The number of halogens is 40. The predicted octanol–water partition coefficient (Wildman–Crippen LogP) is 14.0. The van der Waals surface area contributed by atoms with Gasteiger partial charge in [-0.1, -0.05) is 0 Å². The van der Waals surface area contributed by atoms with Gasteiger partial charge in [0.15, 0.2) is 0 Å². The van der Waals surface area contributed by atoms with Crippen molar-refractivity contribution in [2.45, 2.75) is 105 Å². The van der Waals surface area contributed by atoms with E-state index >= 15 is 0 Å². The fourth-order valence-electron chi connectivity index (χ4n) is 2.68. The Morgan fingerprint density at radius 1 is 0.138 bits per heavy atom. The maximum Gasteiger partial charge on any atom is 0.460 e. The van der Waals surface area contributed by atoms with E-state index in [1.165, 1.54) is 0 Å². The van der Waals surface area contributed by atoms with Crippen molar-refractivity contribution in [2.75, 3.05) is 0 Å². The quantitative estimate of drug-likeness (QED) is 0.120. The second-order valence-electron chi connectivity index (χ2n) is 10.0. The molecule has 0 aromatic rings. The van der Waals surface area contributed by atoms with Gasteiger partial charge in [-0.05, 0) is 31.9 Å². The Bertz CT molecular complexity index is 1320. The van der Waals surface area contributed by atoms with E-state index in [-0.39, 0.29) is 15.9 Å². The summed E-state index contributed by atoms with van der Waals surface area (Å²) in [5, 5.41) is 0. The summed E-state index contributed by atoms with van der Waals surface area (Å²) in [6.07, 6.45) is -15.7. The van der Waals surface area contributed by atoms with Gasteiger partial charge in [0.2, 0.25) is 0 Å². The molecule has 0 spiro atoms. The SMILES string of the molecule is FC(F)(F)C(F)(F)C(F)(F)C(F)(F)C(F)(F)C(F)(F)C(F)(F)C(F)(F)Br.FC(F)(F)C(F)(F)C(F)(F)C(F)(F)C(F)(F)C(F)(F)C(F)(F)C(F)(F)C(F)(F)C(F)(F)Br. The Kier molecular flexibility index (Phi) is 14.5. The van der Waals surface area contributed by atoms with E-state index in [2.05, 4.69) is 0 Å². The highest BCUT2D eigenvalue weighted by Gasteiger charge is 2.98. The molecule has 0 atom stereocenters. The van der Waals surface area contributed by atoms with Gasteiger partial charge in [0.25, 0.3) is 0 Å². The lowest BCUT2D eigenvalue weighted by molar-refractivity contribution is -0.471. The summed E-state index contributed by atoms with van der Waals surface area (Å²) in [5.74, 6) is -119. The lowest BCUT2D eigenvalue weighted by atomic mass is 9.87. The first-order valence-corrected chi connectivity index (χ1v) is 13.1. The van der Waals surface area contributed by atoms with Gasteiger partial charge < -0.3 is 0 Å². The topological polar surface area (TPSA) is 0 Å². The van der Waals surface area contributed by atoms with Crippen LogP contribution in [0.4, 0.5) is 167 Å². The van der Waals surface area contributed by atoms with Crippen LogP contribution in [0.5, 0.6) is 0 Å². The third-order valence-electron chi connectivity index (χ3n) is 6.16. The first kappa shape index (κ1) is 58.4. The van der Waals surface area contributed by atoms with Crippen molar-refractivity contribution in [3.63, 3.8) is 0 Å². The molecule has 0 saturated heterocycles. The minimum Gasteiger partial charge on any atom is -0.192 e. The highest BCUT2D eigenvalue weighted by atomic mass is 79.9. The van der Waals surface area contributed by atoms with E-state index in [1.54, 1.807) is 0 Å². The average molecular weight is 1100 g/mol. The minimum absolute atomic E-state index is 0.243. The highest BCUT2D eigenvalue weighted by Crippen LogP contribution is 2.68. The second kappa shape index (κ2) is 14.4. The molecule has 40 heteroatoms. The molecule has 0 unspecified atom stereocenters. The van der Waals surface area contributed by atoms with Gasteiger partial charge in [-0.3, -0.25) is 0 Å². The summed E-state index contributed by atoms with van der Waals surface area (Å²) < 4.78 is 480. The third-order valence-corrected chi connectivity index (χ3v) is 7.15. The van der Waals surface area contributed by atoms with Gasteiger partial charge >= 0.3 is 105 Å². The molecule has 0 rings (SSSR count). The normalized spacial score (nSPS) is 17.0. The molecular formula is C18Br2F38. The zero-order valence-electron chi connectivity index (χ0n) is 24.1. The van der Waals surface area contributed by atoms with Crippen LogP contribution in [0.3, 0.4) is 0 Å². The molecule has 0 heterocycles. The van der Waals surface area contributed by atoms with Gasteiger partial charge in [0.05, 0.1) is 0 Å². The Morgan fingerprint density at radius 2 is 0.224 bits per heavy atom. The smallest absolute Gasteiger partial charge is 0.192 e. The fourth-order valence-corrected chi connectivity index (χ4v) is 3.18. The van der Waals surface area contributed by atoms with Crippen LogP contribution in [0.2, 0.25) is 0 Å². The monoisotopic (exact) mass is 1100 g/mol. The standard InChI is InChI=1S/C10BrF21.C8BrF17/c11-9(28,29)7(24,25)5(20,21)3(16,17)1(12,13)2(14,15)4(18,19)6(22,23)8(26,27)10(30,31)32;9-7(22,23)5(18,19)3(14,15)1(10,11)2(12,13)4(16,17)6(20,21)8(24,25)26. The van der Waals surface area contributed by atoms with E-state index in [9.17, 15) is 167 Å². The van der Waals surface area contributed by atoms with Crippen molar-refractivity contribution in [3.05, 3.63) is 0 Å². The molecule has 0 amide bonds. The van der Waals surface area contributed by atoms with Crippen molar-refractivity contribution in [1.82, 2.24) is 0 Å². The van der Waals surface area contributed by atoms with Crippen molar-refractivity contribution >= 4 is 31.9 Å². The van der Waals surface area contributed by atoms with Crippen LogP contribution in [0.1, 0.15) is 0 Å². The second-order valence-corrected chi connectivity index (χ2v) is 12.0. The number of hydrogen-bond acceptors (Lipinski definition) is 0. The Balaban J connectivity index is 0. The van der Waals surface area contributed by atoms with Gasteiger partial charge in [0, 0.05) is 0 Å². The molecule has 0 fully saturated rings. The molecule has 0 saturated carbocycles. The van der Waals surface area contributed by atoms with Crippen LogP contribution in [0, 0.1) is 0 Å². The maximum absolute atomic E-state index is 13.2. The molecule has 0 bridgehead atoms. The number of rotatable bonds is 14. The summed E-state index contributed by atoms with van der Waals surface area (Å²) >= 11 is 0.603. The van der Waals surface area contributed by atoms with Crippen molar-refractivity contribution in [3.8, 4) is 0 Å². The molecule has 0 aromatic carbocycles. The molecule has 0 radical (unpaired) electrons. The molecule has 0 nitrogen and oxygen atoms in total. The van der Waals surface area contributed by atoms with Crippen LogP contribution < -0.4 is 0 Å². The molecule has 0 N–H and O–H groups in total. The van der Waals surface area contributed by atoms with Gasteiger partial charge in [-0.15, -0.1) is 0 Å². The van der Waals surface area contributed by atoms with Crippen molar-refractivity contribution in [1.29, 1.82) is 0 Å². The van der Waals surface area contributed by atoms with E-state index in [0.29, 0.717) is 15.9 Å². The average Bonchev–Trinajstić information content (AvgIpc) is 2.93. The first-order chi connectivity index (χ1) is 24.0. The zero-order chi connectivity index (χ0) is 49.0. The van der Waals surface area contributed by atoms with Gasteiger partial charge in [-0.2, -0.15) is 167 Å². The Labute approximate surface area is 304 Å². The molecule has 58 heavy (non-hydrogen) atoms. The summed E-state index contributed by atoms with van der Waals surface area (Å²) in [4.78, 5) is -13.2. The van der Waals surface area contributed by atoms with Crippen LogP contribution in [-0.4, -0.2) is 105 Å². The minimum atomic E-state index is -9.14. The molecule has 0 aliphatic carbocycles. The van der Waals surface area contributed by atoms with Crippen LogP contribution in [0.25, 0.3) is 0 Å². The zero-order valence-corrected chi connectivity index (χ0v) is 27.3. The first-order valence-electron chi connectivity index (χ1n) is 11.6. The molecule has 352 valence electrons. The van der Waals surface area contributed by atoms with Crippen LogP contribution in [-0.2, 0) is 0 Å². The van der Waals surface area contributed by atoms with E-state index in [0.717, 1.165) is 0 Å². The number of hydrogen-bond donors (Lipinski definition) is 0. The molecule has 0 aromatic heterocycles. The summed E-state index contributed by atoms with van der Waals surface area (Å²) in [6, 6.07) is 0. The summed E-state index contributed by atoms with van der Waals surface area (Å²) in [7, 11) is 0. The molecule has 0 aliphatic heterocycles. The van der Waals surface area contributed by atoms with E-state index < -0.39 is 105 Å². The highest BCUT2D eigenvalue weighted by molar-refractivity contribution is 9.10. The van der Waals surface area contributed by atoms with Gasteiger partial charge in [-0.25, -0.2) is 0 Å².